The zero-order valence-electron chi connectivity index (χ0n) is 10.7. The molecule has 0 aromatic carbocycles. The lowest BCUT2D eigenvalue weighted by Crippen LogP contribution is -2.42. The highest BCUT2D eigenvalue weighted by molar-refractivity contribution is 8.00. The van der Waals surface area contributed by atoms with E-state index in [2.05, 4.69) is 12.2 Å². The molecule has 1 rings (SSSR count). The molecule has 1 aliphatic carbocycles. The summed E-state index contributed by atoms with van der Waals surface area (Å²) >= 11 is 1.27. The van der Waals surface area contributed by atoms with Crippen LogP contribution in [0.3, 0.4) is 0 Å². The molecule has 0 heterocycles. The van der Waals surface area contributed by atoms with Gasteiger partial charge in [-0.2, -0.15) is 0 Å². The Morgan fingerprint density at radius 3 is 2.72 bits per heavy atom. The van der Waals surface area contributed by atoms with Crippen molar-refractivity contribution in [3.05, 3.63) is 0 Å². The van der Waals surface area contributed by atoms with Crippen LogP contribution in [0.5, 0.6) is 0 Å². The Hall–Kier alpha value is -0.750. The topological polar surface area (TPSA) is 92.4 Å². The molecular weight excluding hydrogens is 252 g/mol. The van der Waals surface area contributed by atoms with E-state index in [4.69, 9.17) is 10.8 Å². The first kappa shape index (κ1) is 15.3. The zero-order chi connectivity index (χ0) is 13.5. The number of hydrogen-bond acceptors (Lipinski definition) is 4. The molecule has 0 aromatic heterocycles. The normalized spacial score (nSPS) is 25.4. The minimum atomic E-state index is -1.02. The van der Waals surface area contributed by atoms with Crippen LogP contribution < -0.4 is 11.1 Å². The lowest BCUT2D eigenvalue weighted by molar-refractivity contribution is -0.138. The number of carbonyl (C=O) groups excluding carboxylic acids is 1. The maximum absolute atomic E-state index is 11.7. The summed E-state index contributed by atoms with van der Waals surface area (Å²) in [5.74, 6) is 0.0433. The summed E-state index contributed by atoms with van der Waals surface area (Å²) in [4.78, 5) is 22.2. The van der Waals surface area contributed by atoms with Gasteiger partial charge in [0.05, 0.1) is 5.75 Å². The number of aliphatic carboxylic acids is 1. The fourth-order valence-corrected chi connectivity index (χ4v) is 2.91. The first-order chi connectivity index (χ1) is 8.50. The van der Waals surface area contributed by atoms with Crippen LogP contribution in [0.2, 0.25) is 0 Å². The van der Waals surface area contributed by atoms with Crippen molar-refractivity contribution in [1.82, 2.24) is 5.32 Å². The van der Waals surface area contributed by atoms with Crippen molar-refractivity contribution < 1.29 is 14.7 Å². The number of nitrogens with one attached hydrogen (secondary N) is 1. The Morgan fingerprint density at radius 2 is 2.11 bits per heavy atom. The maximum atomic E-state index is 11.7. The molecule has 6 heteroatoms. The van der Waals surface area contributed by atoms with E-state index in [9.17, 15) is 9.59 Å². The Bertz CT molecular complexity index is 299. The van der Waals surface area contributed by atoms with Crippen molar-refractivity contribution >= 4 is 23.6 Å². The second kappa shape index (κ2) is 7.63. The third-order valence-corrected chi connectivity index (χ3v) is 4.37. The van der Waals surface area contributed by atoms with Crippen LogP contribution in [0.15, 0.2) is 0 Å². The van der Waals surface area contributed by atoms with Gasteiger partial charge in [0.1, 0.15) is 6.04 Å². The first-order valence-electron chi connectivity index (χ1n) is 6.36. The molecule has 1 aliphatic rings. The van der Waals surface area contributed by atoms with E-state index in [0.29, 0.717) is 5.92 Å². The summed E-state index contributed by atoms with van der Waals surface area (Å²) in [6.45, 7) is 2.16. The second-order valence-corrected chi connectivity index (χ2v) is 5.93. The third-order valence-electron chi connectivity index (χ3n) is 3.31. The van der Waals surface area contributed by atoms with E-state index in [1.807, 2.05) is 0 Å². The van der Waals surface area contributed by atoms with E-state index in [0.717, 1.165) is 6.42 Å². The minimum absolute atomic E-state index is 0.0173. The lowest BCUT2D eigenvalue weighted by Gasteiger charge is -2.29. The van der Waals surface area contributed by atoms with Crippen molar-refractivity contribution in [2.75, 3.05) is 11.5 Å². The van der Waals surface area contributed by atoms with Crippen LogP contribution in [0, 0.1) is 5.92 Å². The van der Waals surface area contributed by atoms with Gasteiger partial charge in [0.2, 0.25) is 5.91 Å². The van der Waals surface area contributed by atoms with E-state index in [1.165, 1.54) is 31.0 Å². The van der Waals surface area contributed by atoms with Crippen LogP contribution in [0.25, 0.3) is 0 Å². The van der Waals surface area contributed by atoms with Gasteiger partial charge in [-0.1, -0.05) is 19.8 Å². The van der Waals surface area contributed by atoms with E-state index >= 15 is 0 Å². The number of carboxylic acid groups (broad SMARTS) is 1. The summed E-state index contributed by atoms with van der Waals surface area (Å²) in [6, 6.07) is -0.614. The molecule has 0 radical (unpaired) electrons. The summed E-state index contributed by atoms with van der Waals surface area (Å²) in [6.07, 6.45) is 4.64. The monoisotopic (exact) mass is 274 g/mol. The predicted molar refractivity (Wildman–Crippen MR) is 72.5 cm³/mol. The zero-order valence-corrected chi connectivity index (χ0v) is 11.5. The van der Waals surface area contributed by atoms with Gasteiger partial charge in [0.25, 0.3) is 0 Å². The average Bonchev–Trinajstić information content (AvgIpc) is 2.32. The molecule has 0 aliphatic heterocycles. The Kier molecular flexibility index (Phi) is 6.49. The number of rotatable bonds is 6. The van der Waals surface area contributed by atoms with Gasteiger partial charge < -0.3 is 16.2 Å². The number of nitrogens with two attached hydrogens (primary N) is 1. The fraction of sp³-hybridized carbons (Fsp3) is 0.833. The minimum Gasteiger partial charge on any atom is -0.480 e. The van der Waals surface area contributed by atoms with E-state index in [-0.39, 0.29) is 23.5 Å². The summed E-state index contributed by atoms with van der Waals surface area (Å²) in [5.41, 5.74) is 5.36. The number of hydrogen-bond donors (Lipinski definition) is 3. The smallest absolute Gasteiger partial charge is 0.321 e. The number of amides is 1. The van der Waals surface area contributed by atoms with Crippen molar-refractivity contribution in [2.45, 2.75) is 44.7 Å². The van der Waals surface area contributed by atoms with Crippen molar-refractivity contribution in [2.24, 2.45) is 11.7 Å². The lowest BCUT2D eigenvalue weighted by atomic mass is 9.86. The predicted octanol–water partition coefficient (Wildman–Crippen LogP) is 0.826. The first-order valence-corrected chi connectivity index (χ1v) is 7.51. The van der Waals surface area contributed by atoms with Crippen LogP contribution in [-0.2, 0) is 9.59 Å². The molecule has 1 amide bonds. The second-order valence-electron chi connectivity index (χ2n) is 4.90. The Balaban J connectivity index is 2.19. The quantitative estimate of drug-likeness (QED) is 0.667. The molecule has 1 saturated carbocycles. The molecule has 2 unspecified atom stereocenters. The molecule has 4 N–H and O–H groups in total. The Morgan fingerprint density at radius 1 is 1.44 bits per heavy atom. The van der Waals surface area contributed by atoms with E-state index in [1.54, 1.807) is 0 Å². The summed E-state index contributed by atoms with van der Waals surface area (Å²) < 4.78 is 0. The van der Waals surface area contributed by atoms with Gasteiger partial charge in [-0.3, -0.25) is 9.59 Å². The molecule has 104 valence electrons. The van der Waals surface area contributed by atoms with Gasteiger partial charge in [0, 0.05) is 11.8 Å². The highest BCUT2D eigenvalue weighted by Crippen LogP contribution is 2.23. The molecule has 0 bridgehead atoms. The van der Waals surface area contributed by atoms with Crippen LogP contribution in [-0.4, -0.2) is 40.6 Å². The molecule has 0 aromatic rings. The number of thioether (sulfide) groups is 1. The molecule has 0 spiro atoms. The molecule has 1 fully saturated rings. The SMILES string of the molecule is CC1CCCCC1NC(=O)CSC[C@H](N)C(=O)O. The van der Waals surface area contributed by atoms with Crippen molar-refractivity contribution in [3.8, 4) is 0 Å². The average molecular weight is 274 g/mol. The van der Waals surface area contributed by atoms with Gasteiger partial charge >= 0.3 is 5.97 Å². The van der Waals surface area contributed by atoms with Gasteiger partial charge in [0.15, 0.2) is 0 Å². The summed E-state index contributed by atoms with van der Waals surface area (Å²) in [5, 5.41) is 11.6. The largest absolute Gasteiger partial charge is 0.480 e. The number of carbonyl (C=O) groups is 2. The van der Waals surface area contributed by atoms with Gasteiger partial charge in [-0.05, 0) is 18.8 Å². The molecule has 18 heavy (non-hydrogen) atoms. The standard InChI is InChI=1S/C12H22N2O3S/c1-8-4-2-3-5-10(8)14-11(15)7-18-6-9(13)12(16)17/h8-10H,2-7,13H2,1H3,(H,14,15)(H,16,17)/t8?,9-,10?/m0/s1. The van der Waals surface area contributed by atoms with E-state index < -0.39 is 12.0 Å². The molecule has 0 saturated heterocycles. The third kappa shape index (κ3) is 5.27. The number of carboxylic acids is 1. The fourth-order valence-electron chi connectivity index (χ4n) is 2.13. The summed E-state index contributed by atoms with van der Waals surface area (Å²) in [7, 11) is 0. The van der Waals surface area contributed by atoms with Gasteiger partial charge in [-0.15, -0.1) is 11.8 Å². The highest BCUT2D eigenvalue weighted by atomic mass is 32.2. The maximum Gasteiger partial charge on any atom is 0.321 e. The molecular formula is C12H22N2O3S. The van der Waals surface area contributed by atoms with Gasteiger partial charge in [-0.25, -0.2) is 0 Å². The molecule has 3 atom stereocenters. The van der Waals surface area contributed by atoms with Crippen molar-refractivity contribution in [3.63, 3.8) is 0 Å². The highest BCUT2D eigenvalue weighted by Gasteiger charge is 2.22. The van der Waals surface area contributed by atoms with Crippen molar-refractivity contribution in [1.29, 1.82) is 0 Å². The molecule has 5 nitrogen and oxygen atoms in total. The van der Waals surface area contributed by atoms with Crippen LogP contribution in [0.4, 0.5) is 0 Å². The van der Waals surface area contributed by atoms with Crippen LogP contribution >= 0.6 is 11.8 Å². The van der Waals surface area contributed by atoms with Crippen LogP contribution in [0.1, 0.15) is 32.6 Å². The Labute approximate surface area is 112 Å².